The minimum atomic E-state index is -0.801. The molecule has 2 N–H and O–H groups in total. The molecule has 2 aromatic carbocycles. The third-order valence-corrected chi connectivity index (χ3v) is 4.86. The number of carbonyl (C=O) groups excluding carboxylic acids is 3. The Morgan fingerprint density at radius 3 is 2.45 bits per heavy atom. The monoisotopic (exact) mass is 420 g/mol. The van der Waals surface area contributed by atoms with Gasteiger partial charge in [0.2, 0.25) is 0 Å². The molecule has 1 fully saturated rings. The minimum absolute atomic E-state index is 0.0175. The number of anilines is 1. The predicted octanol–water partition coefficient (Wildman–Crippen LogP) is 3.75. The molecule has 4 amide bonds. The zero-order chi connectivity index (χ0) is 22.5. The van der Waals surface area contributed by atoms with Gasteiger partial charge in [0.1, 0.15) is 5.57 Å². The first-order valence-electron chi connectivity index (χ1n) is 9.99. The van der Waals surface area contributed by atoms with Crippen LogP contribution in [0.5, 0.6) is 11.5 Å². The van der Waals surface area contributed by atoms with Gasteiger partial charge in [0.05, 0.1) is 12.3 Å². The van der Waals surface area contributed by atoms with Crippen molar-refractivity contribution >= 4 is 29.6 Å². The number of benzene rings is 2. The smallest absolute Gasteiger partial charge is 0.335 e. The van der Waals surface area contributed by atoms with Crippen LogP contribution in [0.2, 0.25) is 0 Å². The highest BCUT2D eigenvalue weighted by Gasteiger charge is 2.36. The van der Waals surface area contributed by atoms with Crippen LogP contribution in [0.15, 0.2) is 54.6 Å². The highest BCUT2D eigenvalue weighted by atomic mass is 16.5. The number of carbonyl (C=O) groups is 3. The van der Waals surface area contributed by atoms with Crippen LogP contribution in [0.3, 0.4) is 0 Å². The summed E-state index contributed by atoms with van der Waals surface area (Å²) in [6, 6.07) is 9.36. The highest BCUT2D eigenvalue weighted by Crippen LogP contribution is 2.33. The number of hydrogen-bond donors (Lipinski definition) is 2. The molecule has 0 aliphatic carbocycles. The molecule has 0 atom stereocenters. The summed E-state index contributed by atoms with van der Waals surface area (Å²) in [7, 11) is 0. The first-order valence-corrected chi connectivity index (χ1v) is 9.99. The maximum atomic E-state index is 13.1. The fourth-order valence-corrected chi connectivity index (χ4v) is 3.29. The zero-order valence-corrected chi connectivity index (χ0v) is 17.5. The number of phenols is 1. The van der Waals surface area contributed by atoms with Crippen LogP contribution in [-0.4, -0.2) is 29.6 Å². The topological polar surface area (TPSA) is 95.9 Å². The van der Waals surface area contributed by atoms with Gasteiger partial charge in [-0.2, -0.15) is 0 Å². The lowest BCUT2D eigenvalue weighted by atomic mass is 10.0. The molecule has 0 unspecified atom stereocenters. The number of imide groups is 2. The lowest BCUT2D eigenvalue weighted by molar-refractivity contribution is -0.122. The Hall–Kier alpha value is -3.87. The number of aromatic hydroxyl groups is 1. The van der Waals surface area contributed by atoms with Gasteiger partial charge in [0, 0.05) is 5.56 Å². The fraction of sp³-hybridized carbons (Fsp3) is 0.208. The van der Waals surface area contributed by atoms with E-state index in [9.17, 15) is 19.5 Å². The number of ether oxygens (including phenoxy) is 1. The Labute approximate surface area is 180 Å². The van der Waals surface area contributed by atoms with Crippen molar-refractivity contribution in [2.45, 2.75) is 26.7 Å². The molecule has 0 saturated carbocycles. The van der Waals surface area contributed by atoms with Gasteiger partial charge in [-0.25, -0.2) is 9.69 Å². The molecule has 1 heterocycles. The van der Waals surface area contributed by atoms with Crippen molar-refractivity contribution in [2.75, 3.05) is 11.5 Å². The predicted molar refractivity (Wildman–Crippen MR) is 118 cm³/mol. The summed E-state index contributed by atoms with van der Waals surface area (Å²) in [5.74, 6) is -1.29. The van der Waals surface area contributed by atoms with Crippen molar-refractivity contribution in [2.24, 2.45) is 0 Å². The molecule has 7 heteroatoms. The summed E-state index contributed by atoms with van der Waals surface area (Å²) >= 11 is 0. The molecule has 3 rings (SSSR count). The van der Waals surface area contributed by atoms with E-state index in [0.717, 1.165) is 16.9 Å². The molecule has 2 aromatic rings. The Kier molecular flexibility index (Phi) is 6.55. The van der Waals surface area contributed by atoms with E-state index in [1.807, 2.05) is 19.1 Å². The molecule has 160 valence electrons. The Balaban J connectivity index is 2.04. The SMILES string of the molecule is C=CCc1cc(/C=C2\C(=O)NC(=O)N(c3ccc(CC)cc3)C2=O)cc(OCC)c1O. The van der Waals surface area contributed by atoms with Crippen molar-refractivity contribution in [3.05, 3.63) is 71.3 Å². The van der Waals surface area contributed by atoms with Crippen LogP contribution < -0.4 is 15.0 Å². The third kappa shape index (κ3) is 4.50. The van der Waals surface area contributed by atoms with Crippen LogP contribution >= 0.6 is 0 Å². The van der Waals surface area contributed by atoms with E-state index in [4.69, 9.17) is 4.74 Å². The number of phenolic OH excluding ortho intramolecular Hbond substituents is 1. The summed E-state index contributed by atoms with van der Waals surface area (Å²) in [4.78, 5) is 38.8. The van der Waals surface area contributed by atoms with Gasteiger partial charge in [-0.3, -0.25) is 14.9 Å². The second-order valence-corrected chi connectivity index (χ2v) is 6.93. The van der Waals surface area contributed by atoms with Crippen molar-refractivity contribution in [1.82, 2.24) is 5.32 Å². The van der Waals surface area contributed by atoms with Crippen molar-refractivity contribution in [3.8, 4) is 11.5 Å². The van der Waals surface area contributed by atoms with Gasteiger partial charge in [0.15, 0.2) is 11.5 Å². The van der Waals surface area contributed by atoms with E-state index in [1.54, 1.807) is 31.2 Å². The number of urea groups is 1. The third-order valence-electron chi connectivity index (χ3n) is 4.86. The molecular formula is C24H24N2O5. The van der Waals surface area contributed by atoms with Gasteiger partial charge in [-0.05, 0) is 61.2 Å². The van der Waals surface area contributed by atoms with Gasteiger partial charge in [0.25, 0.3) is 11.8 Å². The molecule has 31 heavy (non-hydrogen) atoms. The summed E-state index contributed by atoms with van der Waals surface area (Å²) in [6.45, 7) is 7.79. The van der Waals surface area contributed by atoms with Gasteiger partial charge in [-0.15, -0.1) is 6.58 Å². The fourth-order valence-electron chi connectivity index (χ4n) is 3.29. The summed E-state index contributed by atoms with van der Waals surface area (Å²) < 4.78 is 5.47. The number of rotatable bonds is 7. The van der Waals surface area contributed by atoms with Gasteiger partial charge < -0.3 is 9.84 Å². The highest BCUT2D eigenvalue weighted by molar-refractivity contribution is 6.39. The zero-order valence-electron chi connectivity index (χ0n) is 17.5. The van der Waals surface area contributed by atoms with Crippen molar-refractivity contribution in [3.63, 3.8) is 0 Å². The molecule has 1 aliphatic heterocycles. The van der Waals surface area contributed by atoms with E-state index in [2.05, 4.69) is 11.9 Å². The second kappa shape index (κ2) is 9.30. The number of barbiturate groups is 1. The molecule has 7 nitrogen and oxygen atoms in total. The van der Waals surface area contributed by atoms with Gasteiger partial charge >= 0.3 is 6.03 Å². The lowest BCUT2D eigenvalue weighted by Gasteiger charge is -2.26. The maximum Gasteiger partial charge on any atom is 0.335 e. The molecule has 0 spiro atoms. The van der Waals surface area contributed by atoms with E-state index in [1.165, 1.54) is 12.1 Å². The average molecular weight is 420 g/mol. The van der Waals surface area contributed by atoms with E-state index < -0.39 is 17.8 Å². The summed E-state index contributed by atoms with van der Waals surface area (Å²) in [5, 5.41) is 12.6. The maximum absolute atomic E-state index is 13.1. The number of amides is 4. The van der Waals surface area contributed by atoms with Crippen LogP contribution in [0.4, 0.5) is 10.5 Å². The molecular weight excluding hydrogens is 396 g/mol. The average Bonchev–Trinajstić information content (AvgIpc) is 2.75. The number of allylic oxidation sites excluding steroid dienone is 1. The van der Waals surface area contributed by atoms with Crippen LogP contribution in [0.25, 0.3) is 6.08 Å². The number of nitrogens with zero attached hydrogens (tertiary/aromatic N) is 1. The van der Waals surface area contributed by atoms with Crippen LogP contribution in [0.1, 0.15) is 30.5 Å². The normalized spacial score (nSPS) is 15.2. The first kappa shape index (κ1) is 21.8. The number of aryl methyl sites for hydroxylation is 1. The molecule has 0 radical (unpaired) electrons. The Bertz CT molecular complexity index is 1070. The van der Waals surface area contributed by atoms with Crippen LogP contribution in [-0.2, 0) is 22.4 Å². The summed E-state index contributed by atoms with van der Waals surface area (Å²) in [5.41, 5.74) is 2.25. The Morgan fingerprint density at radius 2 is 1.84 bits per heavy atom. The second-order valence-electron chi connectivity index (χ2n) is 6.93. The van der Waals surface area contributed by atoms with E-state index in [0.29, 0.717) is 29.8 Å². The minimum Gasteiger partial charge on any atom is -0.504 e. The molecule has 1 aliphatic rings. The summed E-state index contributed by atoms with van der Waals surface area (Å²) in [6.07, 6.45) is 4.20. The lowest BCUT2D eigenvalue weighted by Crippen LogP contribution is -2.54. The number of nitrogens with one attached hydrogen (secondary N) is 1. The molecule has 0 bridgehead atoms. The Morgan fingerprint density at radius 1 is 1.13 bits per heavy atom. The first-order chi connectivity index (χ1) is 14.9. The van der Waals surface area contributed by atoms with E-state index in [-0.39, 0.29) is 17.1 Å². The van der Waals surface area contributed by atoms with Crippen molar-refractivity contribution in [1.29, 1.82) is 0 Å². The van der Waals surface area contributed by atoms with E-state index >= 15 is 0 Å². The standard InChI is InChI=1S/C24H24N2O5/c1-4-7-17-12-16(14-20(21(17)27)31-6-3)13-19-22(28)25-24(30)26(23(19)29)18-10-8-15(5-2)9-11-18/h4,8-14,27H,1,5-7H2,2-3H3,(H,25,28,30)/b19-13+. The molecule has 0 aromatic heterocycles. The number of hydrogen-bond acceptors (Lipinski definition) is 5. The quantitative estimate of drug-likeness (QED) is 0.404. The van der Waals surface area contributed by atoms with Gasteiger partial charge in [-0.1, -0.05) is 25.1 Å². The van der Waals surface area contributed by atoms with Crippen LogP contribution in [0, 0.1) is 0 Å². The molecule has 1 saturated heterocycles. The van der Waals surface area contributed by atoms with Crippen molar-refractivity contribution < 1.29 is 24.2 Å². The largest absolute Gasteiger partial charge is 0.504 e.